The first-order chi connectivity index (χ1) is 10.8. The molecule has 6 nitrogen and oxygen atoms in total. The van der Waals surface area contributed by atoms with E-state index in [4.69, 9.17) is 27.9 Å². The monoisotopic (exact) mass is 418 g/mol. The molecule has 2 aromatic rings. The summed E-state index contributed by atoms with van der Waals surface area (Å²) in [6, 6.07) is 8.62. The van der Waals surface area contributed by atoms with Gasteiger partial charge in [-0.05, 0) is 40.2 Å². The van der Waals surface area contributed by atoms with Crippen LogP contribution in [0.2, 0.25) is 10.0 Å². The molecule has 0 spiro atoms. The molecule has 23 heavy (non-hydrogen) atoms. The van der Waals surface area contributed by atoms with E-state index in [1.54, 1.807) is 6.07 Å². The van der Waals surface area contributed by atoms with E-state index in [2.05, 4.69) is 21.2 Å². The molecule has 0 saturated heterocycles. The number of ether oxygens (including phenoxy) is 1. The van der Waals surface area contributed by atoms with Crippen molar-refractivity contribution < 1.29 is 14.5 Å². The van der Waals surface area contributed by atoms with E-state index in [0.29, 0.717) is 26.0 Å². The van der Waals surface area contributed by atoms with E-state index in [0.717, 1.165) is 0 Å². The zero-order valence-electron chi connectivity index (χ0n) is 11.4. The molecule has 9 heteroatoms. The van der Waals surface area contributed by atoms with Crippen LogP contribution in [0, 0.1) is 10.1 Å². The largest absolute Gasteiger partial charge is 0.484 e. The van der Waals surface area contributed by atoms with Gasteiger partial charge in [-0.2, -0.15) is 0 Å². The number of nitrogens with one attached hydrogen (secondary N) is 1. The Morgan fingerprint density at radius 1 is 1.22 bits per heavy atom. The van der Waals surface area contributed by atoms with Crippen molar-refractivity contribution in [2.75, 3.05) is 11.9 Å². The fourth-order valence-electron chi connectivity index (χ4n) is 1.67. The van der Waals surface area contributed by atoms with Gasteiger partial charge in [0.25, 0.3) is 11.6 Å². The topological polar surface area (TPSA) is 81.5 Å². The molecule has 0 fully saturated rings. The molecule has 0 atom stereocenters. The lowest BCUT2D eigenvalue weighted by Gasteiger charge is -2.09. The minimum atomic E-state index is -0.525. The van der Waals surface area contributed by atoms with Crippen LogP contribution in [0.3, 0.4) is 0 Å². The molecule has 2 aromatic carbocycles. The van der Waals surface area contributed by atoms with E-state index >= 15 is 0 Å². The van der Waals surface area contributed by atoms with Crippen molar-refractivity contribution in [2.24, 2.45) is 0 Å². The molecular formula is C14H9BrCl2N2O4. The van der Waals surface area contributed by atoms with Crippen molar-refractivity contribution in [2.45, 2.75) is 0 Å². The summed E-state index contributed by atoms with van der Waals surface area (Å²) in [5.74, 6) is -0.0731. The van der Waals surface area contributed by atoms with E-state index in [1.807, 2.05) is 0 Å². The molecule has 2 rings (SSSR count). The Labute approximate surface area is 149 Å². The van der Waals surface area contributed by atoms with Crippen LogP contribution >= 0.6 is 39.1 Å². The fourth-order valence-corrected chi connectivity index (χ4v) is 2.64. The Morgan fingerprint density at radius 2 is 1.87 bits per heavy atom. The third-order valence-corrected chi connectivity index (χ3v) is 3.74. The molecule has 1 amide bonds. The number of nitro benzene ring substituents is 1. The first-order valence-electron chi connectivity index (χ1n) is 6.18. The Bertz CT molecular complexity index is 750. The summed E-state index contributed by atoms with van der Waals surface area (Å²) in [6.45, 7) is -0.264. The maximum atomic E-state index is 11.9. The number of hydrogen-bond acceptors (Lipinski definition) is 4. The summed E-state index contributed by atoms with van der Waals surface area (Å²) in [5.41, 5.74) is 0.313. The van der Waals surface area contributed by atoms with Crippen LogP contribution in [0.1, 0.15) is 0 Å². The van der Waals surface area contributed by atoms with Gasteiger partial charge in [0, 0.05) is 26.7 Å². The van der Waals surface area contributed by atoms with Crippen LogP contribution < -0.4 is 10.1 Å². The lowest BCUT2D eigenvalue weighted by Crippen LogP contribution is -2.20. The zero-order valence-corrected chi connectivity index (χ0v) is 14.5. The molecule has 1 N–H and O–H groups in total. The highest BCUT2D eigenvalue weighted by Crippen LogP contribution is 2.27. The summed E-state index contributed by atoms with van der Waals surface area (Å²) in [5, 5.41) is 14.0. The highest BCUT2D eigenvalue weighted by molar-refractivity contribution is 9.10. The third-order valence-electron chi connectivity index (χ3n) is 2.64. The second kappa shape index (κ2) is 7.63. The Hall–Kier alpha value is -1.83. The predicted octanol–water partition coefficient (Wildman–Crippen LogP) is 4.68. The Kier molecular flexibility index (Phi) is 5.81. The van der Waals surface area contributed by atoms with Gasteiger partial charge in [-0.15, -0.1) is 0 Å². The quantitative estimate of drug-likeness (QED) is 0.563. The smallest absolute Gasteiger partial charge is 0.270 e. The average molecular weight is 420 g/mol. The number of hydrogen-bond donors (Lipinski definition) is 1. The molecular weight excluding hydrogens is 411 g/mol. The van der Waals surface area contributed by atoms with Gasteiger partial charge in [-0.25, -0.2) is 0 Å². The van der Waals surface area contributed by atoms with Gasteiger partial charge in [0.1, 0.15) is 5.75 Å². The number of benzene rings is 2. The van der Waals surface area contributed by atoms with Gasteiger partial charge in [-0.1, -0.05) is 23.2 Å². The number of carbonyl (C=O) groups is 1. The molecule has 0 aliphatic carbocycles. The van der Waals surface area contributed by atoms with Crippen molar-refractivity contribution in [1.29, 1.82) is 0 Å². The van der Waals surface area contributed by atoms with Crippen molar-refractivity contribution in [3.8, 4) is 5.75 Å². The van der Waals surface area contributed by atoms with Crippen LogP contribution in [0.15, 0.2) is 40.9 Å². The number of carbonyl (C=O) groups excluding carboxylic acids is 1. The minimum absolute atomic E-state index is 0.0836. The number of amides is 1. The van der Waals surface area contributed by atoms with Gasteiger partial charge >= 0.3 is 0 Å². The lowest BCUT2D eigenvalue weighted by molar-refractivity contribution is -0.384. The molecule has 0 aliphatic heterocycles. The Morgan fingerprint density at radius 3 is 2.43 bits per heavy atom. The first kappa shape index (κ1) is 17.5. The van der Waals surface area contributed by atoms with Gasteiger partial charge in [-0.3, -0.25) is 14.9 Å². The number of nitrogens with zero attached hydrogens (tertiary/aromatic N) is 1. The van der Waals surface area contributed by atoms with Gasteiger partial charge in [0.2, 0.25) is 0 Å². The number of nitro groups is 1. The average Bonchev–Trinajstić information content (AvgIpc) is 2.46. The van der Waals surface area contributed by atoms with Crippen LogP contribution in [0.25, 0.3) is 0 Å². The van der Waals surface area contributed by atoms with Gasteiger partial charge in [0.15, 0.2) is 6.61 Å². The summed E-state index contributed by atoms with van der Waals surface area (Å²) in [4.78, 5) is 22.0. The maximum Gasteiger partial charge on any atom is 0.270 e. The van der Waals surface area contributed by atoms with E-state index in [-0.39, 0.29) is 12.3 Å². The second-order valence-corrected chi connectivity index (χ2v) is 6.09. The van der Waals surface area contributed by atoms with Crippen LogP contribution in [-0.4, -0.2) is 17.4 Å². The van der Waals surface area contributed by atoms with Crippen molar-refractivity contribution in [3.05, 3.63) is 61.0 Å². The standard InChI is InChI=1S/C14H9BrCl2N2O4/c15-12-6-10(19(21)22)1-2-13(12)18-14(20)7-23-11-4-8(16)3-9(17)5-11/h1-6H,7H2,(H,18,20). The SMILES string of the molecule is O=C(COc1cc(Cl)cc(Cl)c1)Nc1ccc([N+](=O)[O-])cc1Br. The summed E-state index contributed by atoms with van der Waals surface area (Å²) in [6.07, 6.45) is 0. The number of non-ortho nitro benzene ring substituents is 1. The highest BCUT2D eigenvalue weighted by atomic mass is 79.9. The summed E-state index contributed by atoms with van der Waals surface area (Å²) in [7, 11) is 0. The third kappa shape index (κ3) is 5.09. The zero-order chi connectivity index (χ0) is 17.0. The maximum absolute atomic E-state index is 11.9. The number of rotatable bonds is 5. The second-order valence-electron chi connectivity index (χ2n) is 4.36. The fraction of sp³-hybridized carbons (Fsp3) is 0.0714. The summed E-state index contributed by atoms with van der Waals surface area (Å²) < 4.78 is 5.69. The highest BCUT2D eigenvalue weighted by Gasteiger charge is 2.12. The van der Waals surface area contributed by atoms with E-state index in [1.165, 1.54) is 30.3 Å². The predicted molar refractivity (Wildman–Crippen MR) is 91.4 cm³/mol. The number of anilines is 1. The van der Waals surface area contributed by atoms with E-state index < -0.39 is 10.8 Å². The molecule has 0 aliphatic rings. The molecule has 0 bridgehead atoms. The van der Waals surface area contributed by atoms with Crippen molar-refractivity contribution in [1.82, 2.24) is 0 Å². The van der Waals surface area contributed by atoms with Crippen molar-refractivity contribution in [3.63, 3.8) is 0 Å². The minimum Gasteiger partial charge on any atom is -0.484 e. The van der Waals surface area contributed by atoms with Crippen LogP contribution in [-0.2, 0) is 4.79 Å². The summed E-state index contributed by atoms with van der Waals surface area (Å²) >= 11 is 14.8. The molecule has 0 heterocycles. The Balaban J connectivity index is 1.98. The molecule has 0 radical (unpaired) electrons. The normalized spacial score (nSPS) is 10.2. The molecule has 0 unspecified atom stereocenters. The van der Waals surface area contributed by atoms with Crippen LogP contribution in [0.5, 0.6) is 5.75 Å². The lowest BCUT2D eigenvalue weighted by atomic mass is 10.3. The van der Waals surface area contributed by atoms with E-state index in [9.17, 15) is 14.9 Å². The number of halogens is 3. The molecule has 120 valence electrons. The molecule has 0 saturated carbocycles. The van der Waals surface area contributed by atoms with Crippen molar-refractivity contribution >= 4 is 56.4 Å². The van der Waals surface area contributed by atoms with Gasteiger partial charge in [0.05, 0.1) is 10.6 Å². The van der Waals surface area contributed by atoms with Crippen LogP contribution in [0.4, 0.5) is 11.4 Å². The molecule has 0 aromatic heterocycles. The van der Waals surface area contributed by atoms with Gasteiger partial charge < -0.3 is 10.1 Å². The first-order valence-corrected chi connectivity index (χ1v) is 7.73.